The third-order valence-corrected chi connectivity index (χ3v) is 8.95. The van der Waals surface area contributed by atoms with Crippen LogP contribution in [0.25, 0.3) is 11.1 Å². The zero-order chi connectivity index (χ0) is 34.7. The first-order valence-corrected chi connectivity index (χ1v) is 16.4. The molecule has 3 atom stereocenters. The number of amides is 2. The van der Waals surface area contributed by atoms with Crippen molar-refractivity contribution in [2.75, 3.05) is 25.1 Å². The Hall–Kier alpha value is -4.72. The van der Waals surface area contributed by atoms with E-state index in [9.17, 15) is 14.6 Å². The van der Waals surface area contributed by atoms with Crippen LogP contribution in [0.2, 0.25) is 5.02 Å². The number of fused-ring (bicyclic) bond motifs is 2. The predicted molar refractivity (Wildman–Crippen MR) is 192 cm³/mol. The van der Waals surface area contributed by atoms with E-state index in [2.05, 4.69) is 10.6 Å². The highest BCUT2D eigenvalue weighted by Gasteiger charge is 2.34. The number of hydrogen-bond donors (Lipinski definition) is 5. The summed E-state index contributed by atoms with van der Waals surface area (Å²) in [6, 6.07) is 25.3. The highest BCUT2D eigenvalue weighted by atomic mass is 35.5. The summed E-state index contributed by atoms with van der Waals surface area (Å²) < 4.78 is 10.8. The van der Waals surface area contributed by atoms with Crippen LogP contribution in [0, 0.1) is 0 Å². The van der Waals surface area contributed by atoms with Gasteiger partial charge in [-0.3, -0.25) is 14.6 Å². The van der Waals surface area contributed by atoms with Crippen LogP contribution < -0.4 is 37.2 Å². The maximum atomic E-state index is 13.3. The largest absolute Gasteiger partial charge is 0.497 e. The molecule has 2 aliphatic rings. The fraction of sp³-hybridized carbons (Fsp3) is 0.250. The number of carbonyl (C=O) groups excluding carboxylic acids is 2. The topological polar surface area (TPSA) is 165 Å². The van der Waals surface area contributed by atoms with E-state index in [1.54, 1.807) is 25.3 Å². The van der Waals surface area contributed by atoms with Crippen molar-refractivity contribution in [2.45, 2.75) is 38.3 Å². The van der Waals surface area contributed by atoms with Crippen molar-refractivity contribution in [1.82, 2.24) is 10.6 Å². The van der Waals surface area contributed by atoms with Crippen molar-refractivity contribution in [3.8, 4) is 16.9 Å². The van der Waals surface area contributed by atoms with Gasteiger partial charge in [0, 0.05) is 40.5 Å². The number of hydrogen-bond acceptors (Lipinski definition) is 9. The molecule has 0 fully saturated rings. The minimum Gasteiger partial charge on any atom is -0.497 e. The van der Waals surface area contributed by atoms with Gasteiger partial charge in [-0.1, -0.05) is 48.0 Å². The number of aliphatic imine (C=N–C) groups is 1. The van der Waals surface area contributed by atoms with Crippen LogP contribution in [0.1, 0.15) is 40.4 Å². The number of carbonyl (C=O) groups is 2. The summed E-state index contributed by atoms with van der Waals surface area (Å²) >= 11 is 6.19. The first-order chi connectivity index (χ1) is 23.6. The van der Waals surface area contributed by atoms with Crippen LogP contribution in [0.15, 0.2) is 89.9 Å². The maximum absolute atomic E-state index is 13.3. The van der Waals surface area contributed by atoms with Crippen LogP contribution in [-0.2, 0) is 16.1 Å². The molecular formula is C36H38BClN6O5. The summed E-state index contributed by atoms with van der Waals surface area (Å²) in [5.74, 6) is 0.109. The van der Waals surface area contributed by atoms with E-state index in [0.717, 1.165) is 39.0 Å². The molecule has 0 aliphatic carbocycles. The van der Waals surface area contributed by atoms with Gasteiger partial charge < -0.3 is 41.4 Å². The van der Waals surface area contributed by atoms with Crippen molar-refractivity contribution < 1.29 is 24.0 Å². The molecule has 4 aromatic carbocycles. The van der Waals surface area contributed by atoms with Gasteiger partial charge >= 0.3 is 7.12 Å². The van der Waals surface area contributed by atoms with Crippen LogP contribution >= 0.6 is 11.6 Å². The monoisotopic (exact) mass is 680 g/mol. The number of halogens is 1. The molecular weight excluding hydrogens is 643 g/mol. The first kappa shape index (κ1) is 34.2. The SMILES string of the molecule is COc1ccc2c(c1)C(c1ccc(Cl)cc1)=N[C@@H](CC(=O)NCCNC(=O)c1cccc(-c3ccc4c(c3)COB4O)c1)C(N)N2C(C)N. The number of nitrogens with zero attached hydrogens (tertiary/aromatic N) is 2. The van der Waals surface area contributed by atoms with Crippen molar-refractivity contribution in [2.24, 2.45) is 16.5 Å². The Morgan fingerprint density at radius 2 is 1.78 bits per heavy atom. The lowest BCUT2D eigenvalue weighted by molar-refractivity contribution is -0.121. The molecule has 4 aromatic rings. The molecule has 2 heterocycles. The molecule has 11 nitrogen and oxygen atoms in total. The molecule has 0 radical (unpaired) electrons. The number of anilines is 1. The van der Waals surface area contributed by atoms with Gasteiger partial charge in [0.15, 0.2) is 0 Å². The van der Waals surface area contributed by atoms with Crippen molar-refractivity contribution >= 4 is 47.4 Å². The van der Waals surface area contributed by atoms with Crippen molar-refractivity contribution in [1.29, 1.82) is 0 Å². The Labute approximate surface area is 290 Å². The Balaban J connectivity index is 1.12. The molecule has 0 bridgehead atoms. The number of ether oxygens (including phenoxy) is 1. The number of benzodiazepines with no additional fused rings is 1. The Morgan fingerprint density at radius 3 is 2.53 bits per heavy atom. The van der Waals surface area contributed by atoms with E-state index in [1.165, 1.54) is 0 Å². The second-order valence-electron chi connectivity index (χ2n) is 12.0. The van der Waals surface area contributed by atoms with Gasteiger partial charge in [-0.05, 0) is 77.6 Å². The van der Waals surface area contributed by atoms with E-state index in [0.29, 0.717) is 28.7 Å². The second-order valence-corrected chi connectivity index (χ2v) is 12.5. The molecule has 13 heteroatoms. The second kappa shape index (κ2) is 14.8. The van der Waals surface area contributed by atoms with Gasteiger partial charge in [-0.25, -0.2) is 0 Å². The van der Waals surface area contributed by atoms with Gasteiger partial charge in [0.2, 0.25) is 5.91 Å². The van der Waals surface area contributed by atoms with E-state index in [-0.39, 0.29) is 31.3 Å². The lowest BCUT2D eigenvalue weighted by Gasteiger charge is -2.36. The minimum absolute atomic E-state index is 0.00849. The fourth-order valence-electron chi connectivity index (χ4n) is 6.20. The smallest absolute Gasteiger partial charge is 0.491 e. The Morgan fingerprint density at radius 1 is 1.04 bits per heavy atom. The minimum atomic E-state index is -0.906. The van der Waals surface area contributed by atoms with E-state index in [1.807, 2.05) is 78.6 Å². The number of methoxy groups -OCH3 is 1. The van der Waals surface area contributed by atoms with E-state index >= 15 is 0 Å². The van der Waals surface area contributed by atoms with E-state index in [4.69, 9.17) is 37.5 Å². The van der Waals surface area contributed by atoms with E-state index < -0.39 is 25.5 Å². The highest BCUT2D eigenvalue weighted by Crippen LogP contribution is 2.34. The van der Waals surface area contributed by atoms with Crippen molar-refractivity contribution in [3.63, 3.8) is 0 Å². The summed E-state index contributed by atoms with van der Waals surface area (Å²) in [5, 5.41) is 16.3. The molecule has 0 spiro atoms. The molecule has 0 aromatic heterocycles. The van der Waals surface area contributed by atoms with Gasteiger partial charge in [0.1, 0.15) is 11.9 Å². The van der Waals surface area contributed by atoms with Crippen LogP contribution in [-0.4, -0.2) is 68.2 Å². The summed E-state index contributed by atoms with van der Waals surface area (Å²) in [4.78, 5) is 33.2. The first-order valence-electron chi connectivity index (χ1n) is 16.0. The molecule has 2 unspecified atom stereocenters. The highest BCUT2D eigenvalue weighted by molar-refractivity contribution is 6.61. The normalized spacial score (nSPS) is 17.4. The summed E-state index contributed by atoms with van der Waals surface area (Å²) in [5.41, 5.74) is 20.2. The van der Waals surface area contributed by atoms with Gasteiger partial charge in [-0.15, -0.1) is 0 Å². The van der Waals surface area contributed by atoms with Gasteiger partial charge in [-0.2, -0.15) is 0 Å². The maximum Gasteiger partial charge on any atom is 0.491 e. The lowest BCUT2D eigenvalue weighted by atomic mass is 9.79. The molecule has 252 valence electrons. The van der Waals surface area contributed by atoms with Crippen LogP contribution in [0.3, 0.4) is 0 Å². The number of benzene rings is 4. The summed E-state index contributed by atoms with van der Waals surface area (Å²) in [6.45, 7) is 2.60. The summed E-state index contributed by atoms with van der Waals surface area (Å²) in [7, 11) is 0.689. The number of nitrogens with two attached hydrogens (primary N) is 2. The molecule has 49 heavy (non-hydrogen) atoms. The van der Waals surface area contributed by atoms with Crippen LogP contribution in [0.4, 0.5) is 5.69 Å². The van der Waals surface area contributed by atoms with Crippen molar-refractivity contribution in [3.05, 3.63) is 112 Å². The average Bonchev–Trinajstić information content (AvgIpc) is 3.43. The lowest BCUT2D eigenvalue weighted by Crippen LogP contribution is -2.56. The molecule has 7 N–H and O–H groups in total. The zero-order valence-corrected chi connectivity index (χ0v) is 28.0. The molecule has 0 saturated carbocycles. The van der Waals surface area contributed by atoms with Gasteiger partial charge in [0.05, 0.1) is 38.1 Å². The third-order valence-electron chi connectivity index (χ3n) is 8.69. The standard InChI is InChI=1S/C36H38BClN6O5/c1-21(39)44-32-13-11-28(48-2)18-29(32)34(22-6-9-27(38)10-7-22)43-31(35(44)40)19-33(45)41-14-15-42-36(46)25-5-3-4-23(16-25)24-8-12-30-26(17-24)20-49-37(30)47/h3-13,16-18,21,31,35,47H,14-15,19-20,39-40H2,1-2H3,(H,41,45)(H,42,46)/t21?,31-,35?/m0/s1. The molecule has 6 rings (SSSR count). The molecule has 2 aliphatic heterocycles. The Bertz CT molecular complexity index is 1890. The third kappa shape index (κ3) is 7.48. The molecule has 0 saturated heterocycles. The predicted octanol–water partition coefficient (Wildman–Crippen LogP) is 2.79. The summed E-state index contributed by atoms with van der Waals surface area (Å²) in [6.07, 6.45) is -1.20. The average molecular weight is 681 g/mol. The number of rotatable bonds is 10. The fourth-order valence-corrected chi connectivity index (χ4v) is 6.33. The Kier molecular flexibility index (Phi) is 10.3. The molecule has 2 amide bonds. The van der Waals surface area contributed by atoms with Crippen LogP contribution in [0.5, 0.6) is 5.75 Å². The zero-order valence-electron chi connectivity index (χ0n) is 27.2. The number of nitrogens with one attached hydrogen (secondary N) is 2. The van der Waals surface area contributed by atoms with Gasteiger partial charge in [0.25, 0.3) is 5.91 Å². The quantitative estimate of drug-likeness (QED) is 0.126.